The Balaban J connectivity index is 1.80. The Hall–Kier alpha value is -1.26. The Bertz CT molecular complexity index is 471. The second-order valence-corrected chi connectivity index (χ2v) is 5.53. The zero-order valence-corrected chi connectivity index (χ0v) is 11.5. The Morgan fingerprint density at radius 1 is 1.47 bits per heavy atom. The number of methoxy groups -OCH3 is 1. The van der Waals surface area contributed by atoms with E-state index < -0.39 is 6.10 Å². The summed E-state index contributed by atoms with van der Waals surface area (Å²) in [6.07, 6.45) is 2.99. The summed E-state index contributed by atoms with van der Waals surface area (Å²) in [7, 11) is 1.64. The summed E-state index contributed by atoms with van der Waals surface area (Å²) < 4.78 is 11.2. The molecule has 1 aromatic rings. The van der Waals surface area contributed by atoms with Crippen LogP contribution in [0.15, 0.2) is 12.1 Å². The lowest BCUT2D eigenvalue weighted by Gasteiger charge is -2.16. The van der Waals surface area contributed by atoms with Crippen LogP contribution in [0.1, 0.15) is 37.0 Å². The minimum absolute atomic E-state index is 0.205. The highest BCUT2D eigenvalue weighted by Gasteiger charge is 2.26. The fourth-order valence-electron chi connectivity index (χ4n) is 2.57. The molecule has 2 N–H and O–H groups in total. The fourth-order valence-corrected chi connectivity index (χ4v) is 2.57. The molecule has 2 atom stereocenters. The van der Waals surface area contributed by atoms with Gasteiger partial charge in [-0.3, -0.25) is 0 Å². The Kier molecular flexibility index (Phi) is 3.37. The molecule has 0 bridgehead atoms. The topological polar surface area (TPSA) is 50.7 Å². The van der Waals surface area contributed by atoms with Crippen molar-refractivity contribution < 1.29 is 14.6 Å². The highest BCUT2D eigenvalue weighted by molar-refractivity contribution is 5.49. The third kappa shape index (κ3) is 2.69. The van der Waals surface area contributed by atoms with Gasteiger partial charge in [-0.2, -0.15) is 0 Å². The predicted octanol–water partition coefficient (Wildman–Crippen LogP) is 1.80. The first-order valence-corrected chi connectivity index (χ1v) is 6.96. The molecule has 1 heterocycles. The van der Waals surface area contributed by atoms with Crippen LogP contribution in [0.4, 0.5) is 0 Å². The molecular formula is C15H21NO3. The molecule has 0 aromatic heterocycles. The molecule has 0 amide bonds. The van der Waals surface area contributed by atoms with Crippen molar-refractivity contribution in [3.63, 3.8) is 0 Å². The predicted molar refractivity (Wildman–Crippen MR) is 72.8 cm³/mol. The number of hydrogen-bond acceptors (Lipinski definition) is 4. The van der Waals surface area contributed by atoms with Crippen LogP contribution in [0, 0.1) is 0 Å². The number of nitrogens with one attached hydrogen (secondary N) is 1. The number of aliphatic hydroxyl groups excluding tert-OH is 1. The van der Waals surface area contributed by atoms with Crippen LogP contribution < -0.4 is 14.8 Å². The van der Waals surface area contributed by atoms with E-state index in [0.717, 1.165) is 29.0 Å². The molecule has 1 fully saturated rings. The summed E-state index contributed by atoms with van der Waals surface area (Å²) in [5.41, 5.74) is 1.97. The summed E-state index contributed by atoms with van der Waals surface area (Å²) >= 11 is 0. The number of aliphatic hydroxyl groups is 1. The van der Waals surface area contributed by atoms with Crippen LogP contribution >= 0.6 is 0 Å². The van der Waals surface area contributed by atoms with Gasteiger partial charge in [-0.1, -0.05) is 0 Å². The molecule has 4 heteroatoms. The van der Waals surface area contributed by atoms with E-state index in [-0.39, 0.29) is 6.10 Å². The molecule has 2 unspecified atom stereocenters. The van der Waals surface area contributed by atoms with Gasteiger partial charge in [-0.25, -0.2) is 0 Å². The van der Waals surface area contributed by atoms with Crippen LogP contribution in [0.2, 0.25) is 0 Å². The fraction of sp³-hybridized carbons (Fsp3) is 0.600. The maximum absolute atomic E-state index is 10.3. The third-order valence-corrected chi connectivity index (χ3v) is 3.78. The van der Waals surface area contributed by atoms with Crippen molar-refractivity contribution in [1.82, 2.24) is 5.32 Å². The van der Waals surface area contributed by atoms with Gasteiger partial charge >= 0.3 is 0 Å². The van der Waals surface area contributed by atoms with Gasteiger partial charge in [-0.15, -0.1) is 0 Å². The highest BCUT2D eigenvalue weighted by atomic mass is 16.5. The van der Waals surface area contributed by atoms with Gasteiger partial charge in [0.2, 0.25) is 0 Å². The average Bonchev–Trinajstić information content (AvgIpc) is 3.15. The highest BCUT2D eigenvalue weighted by Crippen LogP contribution is 2.37. The lowest BCUT2D eigenvalue weighted by atomic mass is 10.0. The van der Waals surface area contributed by atoms with E-state index in [1.807, 2.05) is 12.1 Å². The Morgan fingerprint density at radius 3 is 2.95 bits per heavy atom. The SMILES string of the molecule is COc1cc2c(cc1C(O)CNC1CC1)OC(C)C2. The Morgan fingerprint density at radius 2 is 2.26 bits per heavy atom. The maximum Gasteiger partial charge on any atom is 0.125 e. The van der Waals surface area contributed by atoms with Crippen LogP contribution in [0.5, 0.6) is 11.5 Å². The molecule has 19 heavy (non-hydrogen) atoms. The van der Waals surface area contributed by atoms with Gasteiger partial charge in [0, 0.05) is 30.1 Å². The van der Waals surface area contributed by atoms with Crippen LogP contribution in [0.25, 0.3) is 0 Å². The number of rotatable bonds is 5. The lowest BCUT2D eigenvalue weighted by molar-refractivity contribution is 0.169. The third-order valence-electron chi connectivity index (χ3n) is 3.78. The molecule has 0 saturated heterocycles. The van der Waals surface area contributed by atoms with Crippen molar-refractivity contribution in [2.24, 2.45) is 0 Å². The zero-order chi connectivity index (χ0) is 13.4. The van der Waals surface area contributed by atoms with Crippen LogP contribution in [0.3, 0.4) is 0 Å². The van der Waals surface area contributed by atoms with Crippen molar-refractivity contribution in [2.75, 3.05) is 13.7 Å². The van der Waals surface area contributed by atoms with Gasteiger partial charge in [-0.05, 0) is 31.9 Å². The smallest absolute Gasteiger partial charge is 0.125 e. The molecule has 3 rings (SSSR count). The molecule has 0 spiro atoms. The van der Waals surface area contributed by atoms with Crippen molar-refractivity contribution >= 4 is 0 Å². The Labute approximate surface area is 113 Å². The summed E-state index contributed by atoms with van der Waals surface area (Å²) in [5, 5.41) is 13.6. The van der Waals surface area contributed by atoms with Gasteiger partial charge in [0.25, 0.3) is 0 Å². The van der Waals surface area contributed by atoms with E-state index in [9.17, 15) is 5.11 Å². The molecule has 1 aliphatic heterocycles. The molecular weight excluding hydrogens is 242 g/mol. The number of ether oxygens (including phenoxy) is 2. The van der Waals surface area contributed by atoms with Crippen molar-refractivity contribution in [2.45, 2.75) is 44.4 Å². The van der Waals surface area contributed by atoms with E-state index in [0.29, 0.717) is 12.6 Å². The zero-order valence-electron chi connectivity index (χ0n) is 11.5. The summed E-state index contributed by atoms with van der Waals surface area (Å²) in [4.78, 5) is 0. The second kappa shape index (κ2) is 5.02. The monoisotopic (exact) mass is 263 g/mol. The van der Waals surface area contributed by atoms with E-state index >= 15 is 0 Å². The lowest BCUT2D eigenvalue weighted by Crippen LogP contribution is -2.23. The van der Waals surface area contributed by atoms with Crippen LogP contribution in [-0.2, 0) is 6.42 Å². The minimum atomic E-state index is -0.555. The standard InChI is InChI=1S/C15H21NO3/c1-9-5-10-6-15(18-2)12(7-14(10)19-9)13(17)8-16-11-3-4-11/h6-7,9,11,13,16-17H,3-5,8H2,1-2H3. The number of fused-ring (bicyclic) bond motifs is 1. The van der Waals surface area contributed by atoms with Crippen molar-refractivity contribution in [1.29, 1.82) is 0 Å². The molecule has 0 radical (unpaired) electrons. The molecule has 1 saturated carbocycles. The van der Waals surface area contributed by atoms with E-state index in [1.54, 1.807) is 7.11 Å². The number of benzene rings is 1. The van der Waals surface area contributed by atoms with Gasteiger partial charge in [0.1, 0.15) is 17.6 Å². The largest absolute Gasteiger partial charge is 0.496 e. The second-order valence-electron chi connectivity index (χ2n) is 5.53. The molecule has 2 aliphatic rings. The minimum Gasteiger partial charge on any atom is -0.496 e. The molecule has 1 aromatic carbocycles. The van der Waals surface area contributed by atoms with Gasteiger partial charge < -0.3 is 19.9 Å². The van der Waals surface area contributed by atoms with Gasteiger partial charge in [0.05, 0.1) is 13.2 Å². The molecule has 104 valence electrons. The number of hydrogen-bond donors (Lipinski definition) is 2. The maximum atomic E-state index is 10.3. The summed E-state index contributed by atoms with van der Waals surface area (Å²) in [6.45, 7) is 2.62. The summed E-state index contributed by atoms with van der Waals surface area (Å²) in [5.74, 6) is 1.63. The van der Waals surface area contributed by atoms with E-state index in [1.165, 1.54) is 12.8 Å². The molecule has 4 nitrogen and oxygen atoms in total. The van der Waals surface area contributed by atoms with Crippen molar-refractivity contribution in [3.8, 4) is 11.5 Å². The van der Waals surface area contributed by atoms with E-state index in [2.05, 4.69) is 12.2 Å². The first-order valence-electron chi connectivity index (χ1n) is 6.96. The van der Waals surface area contributed by atoms with Gasteiger partial charge in [0.15, 0.2) is 0 Å². The van der Waals surface area contributed by atoms with Crippen LogP contribution in [-0.4, -0.2) is 30.9 Å². The molecule has 1 aliphatic carbocycles. The first-order chi connectivity index (χ1) is 9.17. The first kappa shape index (κ1) is 12.8. The summed E-state index contributed by atoms with van der Waals surface area (Å²) in [6, 6.07) is 4.51. The normalized spacial score (nSPS) is 22.8. The van der Waals surface area contributed by atoms with E-state index in [4.69, 9.17) is 9.47 Å². The quantitative estimate of drug-likeness (QED) is 0.850. The average molecular weight is 263 g/mol. The van der Waals surface area contributed by atoms with Crippen molar-refractivity contribution in [3.05, 3.63) is 23.3 Å².